The highest BCUT2D eigenvalue weighted by Gasteiger charge is 2.24. The van der Waals surface area contributed by atoms with Gasteiger partial charge in [-0.3, -0.25) is 5.32 Å². The lowest BCUT2D eigenvalue weighted by Gasteiger charge is -2.20. The maximum absolute atomic E-state index is 11.8. The van der Waals surface area contributed by atoms with E-state index in [4.69, 9.17) is 9.47 Å². The van der Waals surface area contributed by atoms with E-state index in [2.05, 4.69) is 5.32 Å². The van der Waals surface area contributed by atoms with Crippen molar-refractivity contribution in [2.45, 2.75) is 31.3 Å². The molecule has 1 amide bonds. The minimum absolute atomic E-state index is 0.0800. The van der Waals surface area contributed by atoms with E-state index < -0.39 is 33.1 Å². The molecule has 0 saturated carbocycles. The summed E-state index contributed by atoms with van der Waals surface area (Å²) in [6, 6.07) is 2.06. The second-order valence-corrected chi connectivity index (χ2v) is 7.74. The minimum atomic E-state index is -3.71. The van der Waals surface area contributed by atoms with Gasteiger partial charge >= 0.3 is 12.1 Å². The Morgan fingerprint density at radius 2 is 1.78 bits per heavy atom. The van der Waals surface area contributed by atoms with Crippen molar-refractivity contribution in [2.24, 2.45) is 0 Å². The summed E-state index contributed by atoms with van der Waals surface area (Å²) in [6.45, 7) is 4.95. The standard InChI is InChI=1S/C14H19NO7S/c1-14(2,3)22-13(18)15-9-7-10(21-4)11(23(5,19)20)6-8(9)12(16)17/h6-7H,1-5H3,(H,15,18)(H,16,17). The number of carbonyl (C=O) groups excluding carboxylic acids is 1. The van der Waals surface area contributed by atoms with Crippen LogP contribution in [0, 0.1) is 0 Å². The molecule has 2 N–H and O–H groups in total. The largest absolute Gasteiger partial charge is 0.495 e. The Hall–Kier alpha value is -2.29. The van der Waals surface area contributed by atoms with E-state index >= 15 is 0 Å². The van der Waals surface area contributed by atoms with Gasteiger partial charge in [0.1, 0.15) is 16.2 Å². The van der Waals surface area contributed by atoms with E-state index in [0.717, 1.165) is 18.4 Å². The zero-order valence-corrected chi connectivity index (χ0v) is 14.3. The number of ether oxygens (including phenoxy) is 2. The lowest BCUT2D eigenvalue weighted by molar-refractivity contribution is 0.0636. The summed E-state index contributed by atoms with van der Waals surface area (Å²) in [7, 11) is -2.47. The van der Waals surface area contributed by atoms with Gasteiger partial charge in [-0.15, -0.1) is 0 Å². The van der Waals surface area contributed by atoms with Crippen molar-refractivity contribution in [3.63, 3.8) is 0 Å². The number of rotatable bonds is 4. The SMILES string of the molecule is COc1cc(NC(=O)OC(C)(C)C)c(C(=O)O)cc1S(C)(=O)=O. The number of carboxylic acid groups (broad SMARTS) is 1. The Labute approximate surface area is 134 Å². The molecule has 1 aromatic carbocycles. The van der Waals surface area contributed by atoms with Crippen molar-refractivity contribution in [1.29, 1.82) is 0 Å². The first-order valence-corrected chi connectivity index (χ1v) is 8.39. The van der Waals surface area contributed by atoms with Crippen molar-refractivity contribution in [3.8, 4) is 5.75 Å². The molecule has 1 aromatic rings. The van der Waals surface area contributed by atoms with Crippen molar-refractivity contribution in [1.82, 2.24) is 0 Å². The number of hydrogen-bond donors (Lipinski definition) is 2. The molecule has 0 aliphatic heterocycles. The Bertz CT molecular complexity index is 732. The molecule has 0 fully saturated rings. The molecule has 23 heavy (non-hydrogen) atoms. The summed E-state index contributed by atoms with van der Waals surface area (Å²) in [5.41, 5.74) is -1.29. The second-order valence-electron chi connectivity index (χ2n) is 5.75. The topological polar surface area (TPSA) is 119 Å². The van der Waals surface area contributed by atoms with Crippen LogP contribution in [0.5, 0.6) is 5.75 Å². The molecular formula is C14H19NO7S. The molecule has 9 heteroatoms. The van der Waals surface area contributed by atoms with Crippen LogP contribution < -0.4 is 10.1 Å². The quantitative estimate of drug-likeness (QED) is 0.858. The number of nitrogens with one attached hydrogen (secondary N) is 1. The van der Waals surface area contributed by atoms with Gasteiger partial charge in [-0.1, -0.05) is 0 Å². The first-order chi connectivity index (χ1) is 10.3. The van der Waals surface area contributed by atoms with Crippen LogP contribution in [0.2, 0.25) is 0 Å². The normalized spacial score (nSPS) is 11.7. The van der Waals surface area contributed by atoms with E-state index in [1.165, 1.54) is 7.11 Å². The second kappa shape index (κ2) is 6.45. The van der Waals surface area contributed by atoms with Gasteiger partial charge in [0.25, 0.3) is 0 Å². The zero-order valence-electron chi connectivity index (χ0n) is 13.5. The van der Waals surface area contributed by atoms with Crippen LogP contribution in [0.25, 0.3) is 0 Å². The van der Waals surface area contributed by atoms with Crippen LogP contribution in [0.15, 0.2) is 17.0 Å². The van der Waals surface area contributed by atoms with Crippen molar-refractivity contribution in [3.05, 3.63) is 17.7 Å². The van der Waals surface area contributed by atoms with Gasteiger partial charge in [0.05, 0.1) is 18.4 Å². The number of carbonyl (C=O) groups is 2. The van der Waals surface area contributed by atoms with Crippen LogP contribution in [0.1, 0.15) is 31.1 Å². The predicted molar refractivity (Wildman–Crippen MR) is 82.9 cm³/mol. The van der Waals surface area contributed by atoms with Crippen LogP contribution in [-0.2, 0) is 14.6 Å². The molecule has 0 saturated heterocycles. The van der Waals surface area contributed by atoms with Gasteiger partial charge < -0.3 is 14.6 Å². The molecule has 0 aliphatic carbocycles. The highest BCUT2D eigenvalue weighted by molar-refractivity contribution is 7.90. The molecular weight excluding hydrogens is 326 g/mol. The summed E-state index contributed by atoms with van der Waals surface area (Å²) in [5.74, 6) is -1.48. The number of amides is 1. The molecule has 0 aliphatic rings. The van der Waals surface area contributed by atoms with E-state index in [1.54, 1.807) is 20.8 Å². The van der Waals surface area contributed by atoms with Gasteiger partial charge in [0.2, 0.25) is 0 Å². The molecule has 0 heterocycles. The molecule has 8 nitrogen and oxygen atoms in total. The van der Waals surface area contributed by atoms with E-state index in [-0.39, 0.29) is 16.3 Å². The Morgan fingerprint density at radius 1 is 1.22 bits per heavy atom. The highest BCUT2D eigenvalue weighted by Crippen LogP contribution is 2.31. The molecule has 0 aromatic heterocycles. The highest BCUT2D eigenvalue weighted by atomic mass is 32.2. The Morgan fingerprint density at radius 3 is 2.17 bits per heavy atom. The first kappa shape index (κ1) is 18.8. The summed E-state index contributed by atoms with van der Waals surface area (Å²) in [6.07, 6.45) is 0.0615. The third-order valence-corrected chi connectivity index (χ3v) is 3.69. The molecule has 128 valence electrons. The summed E-state index contributed by atoms with van der Waals surface area (Å²) < 4.78 is 33.5. The van der Waals surface area contributed by atoms with Gasteiger partial charge in [0, 0.05) is 12.3 Å². The number of anilines is 1. The Balaban J connectivity index is 3.37. The number of sulfone groups is 1. The molecule has 0 bridgehead atoms. The molecule has 0 spiro atoms. The van der Waals surface area contributed by atoms with Crippen molar-refractivity contribution in [2.75, 3.05) is 18.7 Å². The zero-order chi connectivity index (χ0) is 18.0. The number of methoxy groups -OCH3 is 1. The van der Waals surface area contributed by atoms with Gasteiger partial charge in [0.15, 0.2) is 9.84 Å². The molecule has 1 rings (SSSR count). The molecule has 0 atom stereocenters. The fourth-order valence-corrected chi connectivity index (χ4v) is 2.54. The number of benzene rings is 1. The van der Waals surface area contributed by atoms with E-state index in [1.807, 2.05) is 0 Å². The van der Waals surface area contributed by atoms with Crippen molar-refractivity contribution >= 4 is 27.6 Å². The van der Waals surface area contributed by atoms with E-state index in [9.17, 15) is 23.1 Å². The van der Waals surface area contributed by atoms with Crippen LogP contribution in [0.4, 0.5) is 10.5 Å². The fourth-order valence-electron chi connectivity index (χ4n) is 1.70. The third-order valence-electron chi connectivity index (χ3n) is 2.57. The maximum Gasteiger partial charge on any atom is 0.412 e. The van der Waals surface area contributed by atoms with Crippen LogP contribution in [0.3, 0.4) is 0 Å². The monoisotopic (exact) mass is 345 g/mol. The number of hydrogen-bond acceptors (Lipinski definition) is 6. The summed E-state index contributed by atoms with van der Waals surface area (Å²) >= 11 is 0. The molecule has 0 unspecified atom stereocenters. The average Bonchev–Trinajstić information content (AvgIpc) is 2.33. The lowest BCUT2D eigenvalue weighted by atomic mass is 10.1. The number of aromatic carboxylic acids is 1. The lowest BCUT2D eigenvalue weighted by Crippen LogP contribution is -2.27. The van der Waals surface area contributed by atoms with E-state index in [0.29, 0.717) is 0 Å². The summed E-state index contributed by atoms with van der Waals surface area (Å²) in [5, 5.41) is 11.5. The molecule has 0 radical (unpaired) electrons. The first-order valence-electron chi connectivity index (χ1n) is 6.50. The predicted octanol–water partition coefficient (Wildman–Crippen LogP) is 2.14. The van der Waals surface area contributed by atoms with Gasteiger partial charge in [-0.05, 0) is 26.8 Å². The average molecular weight is 345 g/mol. The van der Waals surface area contributed by atoms with Crippen LogP contribution >= 0.6 is 0 Å². The number of carboxylic acids is 1. The van der Waals surface area contributed by atoms with Crippen molar-refractivity contribution < 1.29 is 32.6 Å². The minimum Gasteiger partial charge on any atom is -0.495 e. The fraction of sp³-hybridized carbons (Fsp3) is 0.429. The maximum atomic E-state index is 11.8. The summed E-state index contributed by atoms with van der Waals surface area (Å²) in [4.78, 5) is 22.9. The van der Waals surface area contributed by atoms with Gasteiger partial charge in [-0.2, -0.15) is 0 Å². The Kier molecular flexibility index (Phi) is 5.26. The third kappa shape index (κ3) is 5.13. The van der Waals surface area contributed by atoms with Gasteiger partial charge in [-0.25, -0.2) is 18.0 Å². The van der Waals surface area contributed by atoms with Crippen LogP contribution in [-0.4, -0.2) is 44.6 Å². The smallest absolute Gasteiger partial charge is 0.412 e.